The summed E-state index contributed by atoms with van der Waals surface area (Å²) in [6.07, 6.45) is -7.73. The number of urea groups is 1. The van der Waals surface area contributed by atoms with Crippen molar-refractivity contribution in [2.75, 3.05) is 26.3 Å². The van der Waals surface area contributed by atoms with E-state index in [0.29, 0.717) is 39.1 Å². The molecule has 1 saturated heterocycles. The van der Waals surface area contributed by atoms with Crippen molar-refractivity contribution in [1.29, 1.82) is 0 Å². The SMILES string of the molecule is O=C(c1cc(-c2cnn(-c3c(Cl)cc(C(F)(C(F)(F)F)C(F)(F)F)cc3Cl)c2)cnc1Cl)N(C(=O)N1CCOCC1)C1CC1. The van der Waals surface area contributed by atoms with E-state index in [-0.39, 0.29) is 45.7 Å². The van der Waals surface area contributed by atoms with Crippen molar-refractivity contribution in [2.45, 2.75) is 36.9 Å². The first-order valence-corrected chi connectivity index (χ1v) is 13.9. The third-order valence-electron chi connectivity index (χ3n) is 7.03. The second-order valence-corrected chi connectivity index (χ2v) is 11.1. The van der Waals surface area contributed by atoms with Crippen LogP contribution in [0.5, 0.6) is 0 Å². The Morgan fingerprint density at radius 3 is 2.02 bits per heavy atom. The summed E-state index contributed by atoms with van der Waals surface area (Å²) >= 11 is 18.3. The molecule has 2 fully saturated rings. The molecule has 5 rings (SSSR count). The van der Waals surface area contributed by atoms with E-state index in [9.17, 15) is 40.3 Å². The van der Waals surface area contributed by atoms with Gasteiger partial charge in [0.2, 0.25) is 0 Å². The molecule has 3 heterocycles. The fraction of sp³-hybridized carbons (Fsp3) is 0.385. The van der Waals surface area contributed by atoms with Gasteiger partial charge in [-0.15, -0.1) is 0 Å². The minimum absolute atomic E-state index is 0.0931. The number of rotatable bonds is 5. The van der Waals surface area contributed by atoms with E-state index in [4.69, 9.17) is 39.5 Å². The Hall–Kier alpha value is -3.14. The van der Waals surface area contributed by atoms with Crippen LogP contribution < -0.4 is 0 Å². The molecule has 1 aliphatic carbocycles. The summed E-state index contributed by atoms with van der Waals surface area (Å²) in [5, 5.41) is 2.31. The molecule has 2 aromatic heterocycles. The summed E-state index contributed by atoms with van der Waals surface area (Å²) in [6, 6.07) is 0.895. The summed E-state index contributed by atoms with van der Waals surface area (Å²) in [5.74, 6) is -0.679. The zero-order chi connectivity index (χ0) is 32.2. The van der Waals surface area contributed by atoms with E-state index in [0.717, 1.165) is 9.58 Å². The lowest BCUT2D eigenvalue weighted by Crippen LogP contribution is -2.51. The molecule has 1 saturated carbocycles. The fourth-order valence-corrected chi connectivity index (χ4v) is 5.44. The van der Waals surface area contributed by atoms with Crippen molar-refractivity contribution in [1.82, 2.24) is 24.6 Å². The molecule has 44 heavy (non-hydrogen) atoms. The maximum atomic E-state index is 14.6. The molecule has 0 bridgehead atoms. The van der Waals surface area contributed by atoms with Gasteiger partial charge in [0.25, 0.3) is 5.91 Å². The van der Waals surface area contributed by atoms with Gasteiger partial charge in [-0.3, -0.25) is 9.69 Å². The van der Waals surface area contributed by atoms with Crippen LogP contribution in [0.15, 0.2) is 36.8 Å². The van der Waals surface area contributed by atoms with Crippen LogP contribution in [0.2, 0.25) is 15.2 Å². The molecule has 18 heteroatoms. The Morgan fingerprint density at radius 2 is 1.48 bits per heavy atom. The number of halogens is 10. The zero-order valence-electron chi connectivity index (χ0n) is 22.0. The second-order valence-electron chi connectivity index (χ2n) is 9.97. The lowest BCUT2D eigenvalue weighted by Gasteiger charge is -2.32. The third kappa shape index (κ3) is 5.82. The van der Waals surface area contributed by atoms with E-state index >= 15 is 0 Å². The number of benzene rings is 1. The number of ether oxygens (including phenoxy) is 1. The van der Waals surface area contributed by atoms with Crippen molar-refractivity contribution in [3.8, 4) is 16.8 Å². The Morgan fingerprint density at radius 1 is 0.886 bits per heavy atom. The lowest BCUT2D eigenvalue weighted by molar-refractivity contribution is -0.348. The van der Waals surface area contributed by atoms with Crippen LogP contribution in [0.4, 0.5) is 35.5 Å². The predicted octanol–water partition coefficient (Wildman–Crippen LogP) is 7.24. The number of aromatic nitrogens is 3. The van der Waals surface area contributed by atoms with Crippen molar-refractivity contribution in [3.05, 3.63) is 63.1 Å². The van der Waals surface area contributed by atoms with Gasteiger partial charge in [0, 0.05) is 48.2 Å². The quantitative estimate of drug-likeness (QED) is 0.209. The molecule has 0 N–H and O–H groups in total. The zero-order valence-corrected chi connectivity index (χ0v) is 24.3. The summed E-state index contributed by atoms with van der Waals surface area (Å²) in [4.78, 5) is 33.4. The van der Waals surface area contributed by atoms with E-state index in [1.54, 1.807) is 0 Å². The summed E-state index contributed by atoms with van der Waals surface area (Å²) in [7, 11) is 0. The van der Waals surface area contributed by atoms with Crippen molar-refractivity contribution < 1.29 is 45.1 Å². The highest BCUT2D eigenvalue weighted by molar-refractivity contribution is 6.38. The smallest absolute Gasteiger partial charge is 0.378 e. The number of carbonyl (C=O) groups is 2. The molecule has 8 nitrogen and oxygen atoms in total. The van der Waals surface area contributed by atoms with Gasteiger partial charge in [-0.25, -0.2) is 18.9 Å². The first kappa shape index (κ1) is 32.3. The van der Waals surface area contributed by atoms with Crippen LogP contribution in [0.25, 0.3) is 16.8 Å². The van der Waals surface area contributed by atoms with Gasteiger partial charge >= 0.3 is 24.1 Å². The molecular formula is C26H19Cl3F7N5O3. The van der Waals surface area contributed by atoms with Crippen molar-refractivity contribution in [3.63, 3.8) is 0 Å². The van der Waals surface area contributed by atoms with Gasteiger partial charge < -0.3 is 9.64 Å². The van der Waals surface area contributed by atoms with E-state index in [2.05, 4.69) is 10.1 Å². The minimum Gasteiger partial charge on any atom is -0.378 e. The lowest BCUT2D eigenvalue weighted by atomic mass is 9.94. The topological polar surface area (TPSA) is 80.6 Å². The number of hydrogen-bond acceptors (Lipinski definition) is 5. The molecule has 236 valence electrons. The number of carbonyl (C=O) groups excluding carboxylic acids is 2. The third-order valence-corrected chi connectivity index (χ3v) is 7.91. The average Bonchev–Trinajstić information content (AvgIpc) is 3.67. The number of nitrogens with zero attached hydrogens (tertiary/aromatic N) is 5. The molecule has 3 aromatic rings. The van der Waals surface area contributed by atoms with E-state index in [1.165, 1.54) is 29.6 Å². The number of hydrogen-bond donors (Lipinski definition) is 0. The minimum atomic E-state index is -6.36. The van der Waals surface area contributed by atoms with Gasteiger partial charge in [-0.1, -0.05) is 34.8 Å². The van der Waals surface area contributed by atoms with Crippen LogP contribution in [-0.4, -0.2) is 81.2 Å². The van der Waals surface area contributed by atoms with Crippen LogP contribution in [0.3, 0.4) is 0 Å². The molecule has 1 aromatic carbocycles. The highest BCUT2D eigenvalue weighted by atomic mass is 35.5. The largest absolute Gasteiger partial charge is 0.435 e. The standard InChI is InChI=1S/C26H19Cl3F7N5O3/c27-18-8-15(24(30,25(31,32)33)26(34,35)36)9-19(28)20(18)40-12-14(11-38-40)13-7-17(21(29)37-10-13)22(42)41(16-1-2-16)23(43)39-3-5-44-6-4-39/h7-12,16H,1-6H2. The second kappa shape index (κ2) is 11.7. The Bertz CT molecular complexity index is 1570. The van der Waals surface area contributed by atoms with E-state index in [1.807, 2.05) is 0 Å². The first-order chi connectivity index (χ1) is 20.5. The monoisotopic (exact) mass is 687 g/mol. The van der Waals surface area contributed by atoms with Crippen LogP contribution in [-0.2, 0) is 10.4 Å². The summed E-state index contributed by atoms with van der Waals surface area (Å²) in [5.41, 5.74) is -7.52. The van der Waals surface area contributed by atoms with Gasteiger partial charge in [0.05, 0.1) is 35.0 Å². The maximum absolute atomic E-state index is 14.6. The van der Waals surface area contributed by atoms with Gasteiger partial charge in [0.1, 0.15) is 10.8 Å². The number of imide groups is 1. The fourth-order valence-electron chi connectivity index (χ4n) is 4.60. The highest BCUT2D eigenvalue weighted by Crippen LogP contribution is 2.54. The van der Waals surface area contributed by atoms with E-state index < -0.39 is 45.6 Å². The number of amides is 3. The van der Waals surface area contributed by atoms with Crippen LogP contribution in [0.1, 0.15) is 28.8 Å². The number of alkyl halides is 7. The normalized spacial score (nSPS) is 16.3. The van der Waals surface area contributed by atoms with Gasteiger partial charge in [-0.2, -0.15) is 31.4 Å². The van der Waals surface area contributed by atoms with Crippen LogP contribution >= 0.6 is 34.8 Å². The Labute approximate surface area is 259 Å². The molecule has 1 aliphatic heterocycles. The predicted molar refractivity (Wildman–Crippen MR) is 144 cm³/mol. The number of pyridine rings is 1. The van der Waals surface area contributed by atoms with Crippen molar-refractivity contribution >= 4 is 46.7 Å². The average molecular weight is 689 g/mol. The molecule has 2 aliphatic rings. The molecule has 3 amide bonds. The van der Waals surface area contributed by atoms with Gasteiger partial charge in [-0.05, 0) is 31.0 Å². The van der Waals surface area contributed by atoms with Crippen molar-refractivity contribution in [2.24, 2.45) is 0 Å². The number of morpholine rings is 1. The highest BCUT2D eigenvalue weighted by Gasteiger charge is 2.73. The first-order valence-electron chi connectivity index (χ1n) is 12.8. The van der Waals surface area contributed by atoms with Gasteiger partial charge in [0.15, 0.2) is 0 Å². The summed E-state index contributed by atoms with van der Waals surface area (Å²) in [6.45, 7) is 1.28. The van der Waals surface area contributed by atoms with Crippen LogP contribution in [0, 0.1) is 0 Å². The molecule has 0 spiro atoms. The molecule has 0 atom stereocenters. The Kier molecular flexibility index (Phi) is 8.55. The summed E-state index contributed by atoms with van der Waals surface area (Å²) < 4.78 is 100. The molecule has 0 radical (unpaired) electrons. The molecule has 0 unspecified atom stereocenters. The maximum Gasteiger partial charge on any atom is 0.435 e. The Balaban J connectivity index is 1.46. The molecular weight excluding hydrogens is 670 g/mol.